The second-order valence-electron chi connectivity index (χ2n) is 4.46. The van der Waals surface area contributed by atoms with Crippen LogP contribution in [0.1, 0.15) is 18.9 Å². The molecule has 0 aliphatic rings. The first-order chi connectivity index (χ1) is 9.24. The van der Waals surface area contributed by atoms with Gasteiger partial charge in [0.1, 0.15) is 5.82 Å². The molecular weight excluding hydrogens is 261 g/mol. The van der Waals surface area contributed by atoms with Crippen LogP contribution in [0.2, 0.25) is 0 Å². The maximum absolute atomic E-state index is 13.8. The zero-order valence-corrected chi connectivity index (χ0v) is 11.7. The average Bonchev–Trinajstić information content (AvgIpc) is 2.95. The quantitative estimate of drug-likeness (QED) is 0.849. The van der Waals surface area contributed by atoms with E-state index in [9.17, 15) is 4.39 Å². The zero-order chi connectivity index (χ0) is 13.7. The van der Waals surface area contributed by atoms with Gasteiger partial charge in [-0.15, -0.1) is 11.3 Å². The number of rotatable bonds is 6. The Morgan fingerprint density at radius 2 is 2.21 bits per heavy atom. The summed E-state index contributed by atoms with van der Waals surface area (Å²) in [6, 6.07) is 9.09. The SMILES string of the molecule is CC[C@H](CO)NCc1ccc(F)c(-c2cccs2)c1. The van der Waals surface area contributed by atoms with Crippen LogP contribution in [-0.4, -0.2) is 17.8 Å². The van der Waals surface area contributed by atoms with Crippen LogP contribution in [0.25, 0.3) is 10.4 Å². The highest BCUT2D eigenvalue weighted by atomic mass is 32.1. The van der Waals surface area contributed by atoms with Gasteiger partial charge >= 0.3 is 0 Å². The monoisotopic (exact) mass is 279 g/mol. The van der Waals surface area contributed by atoms with Crippen molar-refractivity contribution in [3.63, 3.8) is 0 Å². The number of hydrogen-bond donors (Lipinski definition) is 2. The Labute approximate surface area is 116 Å². The fourth-order valence-electron chi connectivity index (χ4n) is 1.90. The second kappa shape index (κ2) is 6.80. The molecule has 2 nitrogen and oxygen atoms in total. The lowest BCUT2D eigenvalue weighted by molar-refractivity contribution is 0.238. The number of nitrogens with one attached hydrogen (secondary N) is 1. The lowest BCUT2D eigenvalue weighted by atomic mass is 10.1. The van der Waals surface area contributed by atoms with Gasteiger partial charge in [0.15, 0.2) is 0 Å². The van der Waals surface area contributed by atoms with Crippen molar-refractivity contribution in [2.75, 3.05) is 6.61 Å². The van der Waals surface area contributed by atoms with Crippen molar-refractivity contribution in [1.82, 2.24) is 5.32 Å². The molecule has 0 amide bonds. The number of aliphatic hydroxyl groups excluding tert-OH is 1. The van der Waals surface area contributed by atoms with Crippen molar-refractivity contribution in [1.29, 1.82) is 0 Å². The van der Waals surface area contributed by atoms with Gasteiger partial charge in [-0.1, -0.05) is 19.1 Å². The van der Waals surface area contributed by atoms with E-state index in [4.69, 9.17) is 5.11 Å². The van der Waals surface area contributed by atoms with Gasteiger partial charge < -0.3 is 10.4 Å². The van der Waals surface area contributed by atoms with Crippen LogP contribution in [0.3, 0.4) is 0 Å². The minimum atomic E-state index is -0.194. The molecule has 19 heavy (non-hydrogen) atoms. The molecule has 0 saturated carbocycles. The standard InChI is InChI=1S/C15H18FNOS/c1-2-12(10-18)17-9-11-5-6-14(16)13(8-11)15-4-3-7-19-15/h3-8,12,17-18H,2,9-10H2,1H3/t12-/m1/s1. The lowest BCUT2D eigenvalue weighted by Gasteiger charge is -2.14. The lowest BCUT2D eigenvalue weighted by Crippen LogP contribution is -2.31. The molecule has 4 heteroatoms. The van der Waals surface area contributed by atoms with E-state index in [1.165, 1.54) is 17.4 Å². The van der Waals surface area contributed by atoms with E-state index in [0.29, 0.717) is 12.1 Å². The molecule has 102 valence electrons. The Balaban J connectivity index is 2.13. The predicted molar refractivity (Wildman–Crippen MR) is 77.7 cm³/mol. The van der Waals surface area contributed by atoms with Gasteiger partial charge in [-0.3, -0.25) is 0 Å². The van der Waals surface area contributed by atoms with Gasteiger partial charge in [-0.05, 0) is 35.6 Å². The highest BCUT2D eigenvalue weighted by Crippen LogP contribution is 2.28. The summed E-state index contributed by atoms with van der Waals surface area (Å²) in [6.45, 7) is 2.78. The van der Waals surface area contributed by atoms with Crippen molar-refractivity contribution in [2.24, 2.45) is 0 Å². The van der Waals surface area contributed by atoms with E-state index < -0.39 is 0 Å². The third kappa shape index (κ3) is 3.62. The first-order valence-corrected chi connectivity index (χ1v) is 7.29. The van der Waals surface area contributed by atoms with Gasteiger partial charge in [0.05, 0.1) is 6.61 Å². The maximum Gasteiger partial charge on any atom is 0.131 e. The molecule has 1 atom stereocenters. The van der Waals surface area contributed by atoms with E-state index >= 15 is 0 Å². The molecule has 1 aromatic heterocycles. The summed E-state index contributed by atoms with van der Waals surface area (Å²) >= 11 is 1.53. The topological polar surface area (TPSA) is 32.3 Å². The summed E-state index contributed by atoms with van der Waals surface area (Å²) in [6.07, 6.45) is 0.871. The van der Waals surface area contributed by atoms with Gasteiger partial charge in [0, 0.05) is 23.0 Å². The molecule has 0 radical (unpaired) electrons. The van der Waals surface area contributed by atoms with Crippen LogP contribution in [0.4, 0.5) is 4.39 Å². The van der Waals surface area contributed by atoms with Crippen LogP contribution >= 0.6 is 11.3 Å². The Morgan fingerprint density at radius 3 is 2.84 bits per heavy atom. The van der Waals surface area contributed by atoms with Crippen molar-refractivity contribution < 1.29 is 9.50 Å². The molecule has 0 bridgehead atoms. The van der Waals surface area contributed by atoms with E-state index in [-0.39, 0.29) is 18.5 Å². The van der Waals surface area contributed by atoms with Crippen LogP contribution in [-0.2, 0) is 6.54 Å². The molecule has 0 aliphatic heterocycles. The molecule has 2 N–H and O–H groups in total. The first kappa shape index (κ1) is 14.2. The normalized spacial score (nSPS) is 12.6. The highest BCUT2D eigenvalue weighted by Gasteiger charge is 2.08. The fourth-order valence-corrected chi connectivity index (χ4v) is 2.65. The zero-order valence-electron chi connectivity index (χ0n) is 10.9. The van der Waals surface area contributed by atoms with E-state index in [0.717, 1.165) is 16.9 Å². The van der Waals surface area contributed by atoms with Crippen LogP contribution < -0.4 is 5.32 Å². The Morgan fingerprint density at radius 1 is 1.37 bits per heavy atom. The predicted octanol–water partition coefficient (Wildman–Crippen LogP) is 3.41. The summed E-state index contributed by atoms with van der Waals surface area (Å²) in [5, 5.41) is 14.3. The fraction of sp³-hybridized carbons (Fsp3) is 0.333. The second-order valence-corrected chi connectivity index (χ2v) is 5.41. The molecule has 2 aromatic rings. The minimum absolute atomic E-state index is 0.0928. The van der Waals surface area contributed by atoms with Gasteiger partial charge in [-0.2, -0.15) is 0 Å². The molecule has 0 aliphatic carbocycles. The van der Waals surface area contributed by atoms with Gasteiger partial charge in [-0.25, -0.2) is 4.39 Å². The number of halogens is 1. The van der Waals surface area contributed by atoms with Crippen LogP contribution in [0.15, 0.2) is 35.7 Å². The van der Waals surface area contributed by atoms with E-state index in [1.807, 2.05) is 30.5 Å². The Bertz CT molecular complexity index is 509. The van der Waals surface area contributed by atoms with Crippen LogP contribution in [0, 0.1) is 5.82 Å². The smallest absolute Gasteiger partial charge is 0.131 e. The summed E-state index contributed by atoms with van der Waals surface area (Å²) in [4.78, 5) is 0.938. The van der Waals surface area contributed by atoms with Crippen molar-refractivity contribution in [2.45, 2.75) is 25.9 Å². The van der Waals surface area contributed by atoms with Crippen LogP contribution in [0.5, 0.6) is 0 Å². The molecule has 0 spiro atoms. The molecular formula is C15H18FNOS. The minimum Gasteiger partial charge on any atom is -0.395 e. The average molecular weight is 279 g/mol. The molecule has 0 saturated heterocycles. The molecule has 0 fully saturated rings. The number of hydrogen-bond acceptors (Lipinski definition) is 3. The Kier molecular flexibility index (Phi) is 5.07. The van der Waals surface area contributed by atoms with E-state index in [1.54, 1.807) is 6.07 Å². The largest absolute Gasteiger partial charge is 0.395 e. The number of benzene rings is 1. The molecule has 2 rings (SSSR count). The third-order valence-electron chi connectivity index (χ3n) is 3.13. The molecule has 0 unspecified atom stereocenters. The Hall–Kier alpha value is -1.23. The number of aliphatic hydroxyl groups is 1. The van der Waals surface area contributed by atoms with Crippen molar-refractivity contribution in [3.05, 3.63) is 47.1 Å². The summed E-state index contributed by atoms with van der Waals surface area (Å²) in [5.74, 6) is -0.194. The van der Waals surface area contributed by atoms with Gasteiger partial charge in [0.2, 0.25) is 0 Å². The molecule has 1 aromatic carbocycles. The highest BCUT2D eigenvalue weighted by molar-refractivity contribution is 7.13. The molecule has 1 heterocycles. The van der Waals surface area contributed by atoms with Gasteiger partial charge in [0.25, 0.3) is 0 Å². The summed E-state index contributed by atoms with van der Waals surface area (Å²) < 4.78 is 13.8. The third-order valence-corrected chi connectivity index (χ3v) is 4.03. The maximum atomic E-state index is 13.8. The van der Waals surface area contributed by atoms with Crippen molar-refractivity contribution in [3.8, 4) is 10.4 Å². The first-order valence-electron chi connectivity index (χ1n) is 6.41. The van der Waals surface area contributed by atoms with Crippen molar-refractivity contribution >= 4 is 11.3 Å². The van der Waals surface area contributed by atoms with E-state index in [2.05, 4.69) is 5.32 Å². The summed E-state index contributed by atoms with van der Waals surface area (Å²) in [5.41, 5.74) is 1.67. The summed E-state index contributed by atoms with van der Waals surface area (Å²) in [7, 11) is 0. The number of thiophene rings is 1.